The van der Waals surface area contributed by atoms with Gasteiger partial charge in [0.15, 0.2) is 0 Å². The van der Waals surface area contributed by atoms with Crippen LogP contribution in [0, 0.1) is 11.3 Å². The van der Waals surface area contributed by atoms with Crippen molar-refractivity contribution in [3.05, 3.63) is 29.8 Å². The average molecular weight is 272 g/mol. The largest absolute Gasteiger partial charge is 0.399 e. The average Bonchev–Trinajstić information content (AvgIpc) is 3.06. The summed E-state index contributed by atoms with van der Waals surface area (Å²) in [6.45, 7) is 6.59. The highest BCUT2D eigenvalue weighted by atomic mass is 16.2. The maximum Gasteiger partial charge on any atom is 0.240 e. The fourth-order valence-electron chi connectivity index (χ4n) is 3.17. The van der Waals surface area contributed by atoms with E-state index in [1.54, 1.807) is 12.1 Å². The molecule has 0 radical (unpaired) electrons. The Kier molecular flexibility index (Phi) is 2.53. The van der Waals surface area contributed by atoms with E-state index in [2.05, 4.69) is 0 Å². The minimum Gasteiger partial charge on any atom is -0.399 e. The quantitative estimate of drug-likeness (QED) is 0.661. The number of nitrogens with zero attached hydrogens (tertiary/aromatic N) is 1. The molecule has 1 saturated carbocycles. The van der Waals surface area contributed by atoms with Crippen molar-refractivity contribution in [2.45, 2.75) is 32.6 Å². The molecule has 0 aromatic heterocycles. The molecule has 2 amide bonds. The van der Waals surface area contributed by atoms with Crippen molar-refractivity contribution in [2.24, 2.45) is 11.3 Å². The molecule has 106 valence electrons. The number of amides is 2. The lowest BCUT2D eigenvalue weighted by Gasteiger charge is -2.27. The van der Waals surface area contributed by atoms with Crippen LogP contribution in [0.2, 0.25) is 0 Å². The molecule has 2 aliphatic rings. The molecule has 0 bridgehead atoms. The van der Waals surface area contributed by atoms with Crippen LogP contribution in [0.1, 0.15) is 32.8 Å². The molecular formula is C16H20N2O2. The minimum absolute atomic E-state index is 0.0123. The van der Waals surface area contributed by atoms with E-state index in [0.29, 0.717) is 18.7 Å². The van der Waals surface area contributed by atoms with Gasteiger partial charge in [-0.15, -0.1) is 0 Å². The van der Waals surface area contributed by atoms with Crippen LogP contribution in [0.4, 0.5) is 5.69 Å². The van der Waals surface area contributed by atoms with E-state index in [0.717, 1.165) is 5.56 Å². The zero-order chi connectivity index (χ0) is 14.7. The van der Waals surface area contributed by atoms with Crippen molar-refractivity contribution in [3.63, 3.8) is 0 Å². The monoisotopic (exact) mass is 272 g/mol. The van der Waals surface area contributed by atoms with E-state index in [-0.39, 0.29) is 23.1 Å². The highest BCUT2D eigenvalue weighted by Gasteiger charge is 2.72. The molecule has 1 aliphatic carbocycles. The molecule has 1 aromatic rings. The molecule has 2 fully saturated rings. The molecule has 2 N–H and O–H groups in total. The third-order valence-electron chi connectivity index (χ3n) is 4.21. The Morgan fingerprint density at radius 1 is 1.25 bits per heavy atom. The molecule has 0 spiro atoms. The number of likely N-dealkylation sites (tertiary alicyclic amines) is 1. The van der Waals surface area contributed by atoms with Gasteiger partial charge in [-0.25, -0.2) is 0 Å². The smallest absolute Gasteiger partial charge is 0.240 e. The lowest BCUT2D eigenvalue weighted by atomic mass is 9.93. The van der Waals surface area contributed by atoms with Crippen LogP contribution >= 0.6 is 0 Å². The predicted molar refractivity (Wildman–Crippen MR) is 76.8 cm³/mol. The summed E-state index contributed by atoms with van der Waals surface area (Å²) in [5.41, 5.74) is 6.61. The Morgan fingerprint density at radius 2 is 1.85 bits per heavy atom. The first-order valence-corrected chi connectivity index (χ1v) is 6.97. The summed E-state index contributed by atoms with van der Waals surface area (Å²) in [5.74, 6) is -0.213. The predicted octanol–water partition coefficient (Wildman–Crippen LogP) is 1.94. The number of rotatable bonds is 2. The summed E-state index contributed by atoms with van der Waals surface area (Å²) >= 11 is 0. The van der Waals surface area contributed by atoms with Crippen LogP contribution in [0.3, 0.4) is 0 Å². The van der Waals surface area contributed by atoms with Crippen LogP contribution in [0.15, 0.2) is 24.3 Å². The molecule has 1 aromatic carbocycles. The van der Waals surface area contributed by atoms with Gasteiger partial charge in [0.2, 0.25) is 11.8 Å². The number of fused-ring (bicyclic) bond motifs is 1. The highest BCUT2D eigenvalue weighted by Crippen LogP contribution is 2.60. The normalized spacial score (nSPS) is 28.8. The van der Waals surface area contributed by atoms with Crippen LogP contribution in [0.5, 0.6) is 0 Å². The van der Waals surface area contributed by atoms with Crippen molar-refractivity contribution in [1.82, 2.24) is 4.90 Å². The highest BCUT2D eigenvalue weighted by molar-refractivity contribution is 6.15. The van der Waals surface area contributed by atoms with E-state index < -0.39 is 5.41 Å². The van der Waals surface area contributed by atoms with Gasteiger partial charge < -0.3 is 5.73 Å². The minimum atomic E-state index is -0.601. The Hall–Kier alpha value is -1.84. The number of hydrogen-bond donors (Lipinski definition) is 1. The maximum absolute atomic E-state index is 12.7. The number of hydrogen-bond acceptors (Lipinski definition) is 3. The van der Waals surface area contributed by atoms with E-state index in [9.17, 15) is 9.59 Å². The molecule has 1 aliphatic heterocycles. The summed E-state index contributed by atoms with van der Waals surface area (Å²) in [6, 6.07) is 7.34. The van der Waals surface area contributed by atoms with Gasteiger partial charge in [0.1, 0.15) is 0 Å². The van der Waals surface area contributed by atoms with Crippen molar-refractivity contribution in [1.29, 1.82) is 0 Å². The third-order valence-corrected chi connectivity index (χ3v) is 4.21. The summed E-state index contributed by atoms with van der Waals surface area (Å²) in [7, 11) is 0. The SMILES string of the molecule is CC(C)(C)CN1C(=O)C2CC2(c2ccc(N)cc2)C1=O. The van der Waals surface area contributed by atoms with Crippen molar-refractivity contribution in [3.8, 4) is 0 Å². The van der Waals surface area contributed by atoms with Gasteiger partial charge in [0, 0.05) is 12.2 Å². The Labute approximate surface area is 118 Å². The second kappa shape index (κ2) is 3.84. The van der Waals surface area contributed by atoms with E-state index in [4.69, 9.17) is 5.73 Å². The van der Waals surface area contributed by atoms with Gasteiger partial charge in [-0.2, -0.15) is 0 Å². The molecule has 2 unspecified atom stereocenters. The molecule has 1 heterocycles. The fraction of sp³-hybridized carbons (Fsp3) is 0.500. The number of carbonyl (C=O) groups is 2. The lowest BCUT2D eigenvalue weighted by Crippen LogP contribution is -2.41. The van der Waals surface area contributed by atoms with Crippen molar-refractivity contribution < 1.29 is 9.59 Å². The second-order valence-corrected chi connectivity index (χ2v) is 7.14. The van der Waals surface area contributed by atoms with Crippen LogP contribution in [-0.4, -0.2) is 23.3 Å². The van der Waals surface area contributed by atoms with Crippen molar-refractivity contribution in [2.75, 3.05) is 12.3 Å². The van der Waals surface area contributed by atoms with E-state index >= 15 is 0 Å². The number of carbonyl (C=O) groups excluding carboxylic acids is 2. The Bertz CT molecular complexity index is 585. The van der Waals surface area contributed by atoms with Gasteiger partial charge in [0.05, 0.1) is 11.3 Å². The molecule has 4 nitrogen and oxygen atoms in total. The first-order chi connectivity index (χ1) is 9.25. The van der Waals surface area contributed by atoms with E-state index in [1.807, 2.05) is 32.9 Å². The Balaban J connectivity index is 1.93. The lowest BCUT2D eigenvalue weighted by molar-refractivity contribution is -0.143. The summed E-state index contributed by atoms with van der Waals surface area (Å²) in [6.07, 6.45) is 0.648. The first-order valence-electron chi connectivity index (χ1n) is 6.97. The maximum atomic E-state index is 12.7. The molecule has 3 rings (SSSR count). The number of nitrogens with two attached hydrogens (primary N) is 1. The topological polar surface area (TPSA) is 63.4 Å². The standard InChI is InChI=1S/C16H20N2O2/c1-15(2,3)9-18-13(19)12-8-16(12,14(18)20)10-4-6-11(17)7-5-10/h4-7,12H,8-9,17H2,1-3H3. The summed E-state index contributed by atoms with van der Waals surface area (Å²) < 4.78 is 0. The van der Waals surface area contributed by atoms with Gasteiger partial charge in [0.25, 0.3) is 0 Å². The van der Waals surface area contributed by atoms with Gasteiger partial charge in [-0.1, -0.05) is 32.9 Å². The van der Waals surface area contributed by atoms with E-state index in [1.165, 1.54) is 4.90 Å². The third kappa shape index (κ3) is 1.74. The van der Waals surface area contributed by atoms with Crippen molar-refractivity contribution >= 4 is 17.5 Å². The molecular weight excluding hydrogens is 252 g/mol. The summed E-state index contributed by atoms with van der Waals surface area (Å²) in [5, 5.41) is 0. The van der Waals surface area contributed by atoms with Crippen LogP contribution in [0.25, 0.3) is 0 Å². The summed E-state index contributed by atoms with van der Waals surface area (Å²) in [4.78, 5) is 26.5. The Morgan fingerprint density at radius 3 is 2.40 bits per heavy atom. The second-order valence-electron chi connectivity index (χ2n) is 7.14. The fourth-order valence-corrected chi connectivity index (χ4v) is 3.17. The first kappa shape index (κ1) is 13.2. The number of piperidine rings is 1. The van der Waals surface area contributed by atoms with Gasteiger partial charge >= 0.3 is 0 Å². The van der Waals surface area contributed by atoms with Crippen LogP contribution < -0.4 is 5.73 Å². The molecule has 1 saturated heterocycles. The number of anilines is 1. The zero-order valence-corrected chi connectivity index (χ0v) is 12.1. The van der Waals surface area contributed by atoms with Gasteiger partial charge in [-0.3, -0.25) is 14.5 Å². The van der Waals surface area contributed by atoms with Gasteiger partial charge in [-0.05, 0) is 29.5 Å². The molecule has 4 heteroatoms. The number of benzene rings is 1. The zero-order valence-electron chi connectivity index (χ0n) is 12.1. The number of imide groups is 1. The number of nitrogen functional groups attached to an aromatic ring is 1. The van der Waals surface area contributed by atoms with Crippen LogP contribution in [-0.2, 0) is 15.0 Å². The molecule has 2 atom stereocenters. The molecule has 20 heavy (non-hydrogen) atoms.